The SMILES string of the molecule is SC1=C(S)CNC=C1. The molecule has 0 unspecified atom stereocenters. The van der Waals surface area contributed by atoms with Crippen LogP contribution in [-0.4, -0.2) is 6.54 Å². The van der Waals surface area contributed by atoms with E-state index in [4.69, 9.17) is 0 Å². The van der Waals surface area contributed by atoms with Gasteiger partial charge in [-0.3, -0.25) is 0 Å². The molecule has 0 aliphatic carbocycles. The standard InChI is InChI=1S/C5H7NS2/c7-4-1-2-6-3-5(4)8/h1-2,6-8H,3H2. The number of dihydropyridines is 1. The zero-order valence-electron chi connectivity index (χ0n) is 4.26. The molecule has 0 aromatic heterocycles. The van der Waals surface area contributed by atoms with E-state index >= 15 is 0 Å². The van der Waals surface area contributed by atoms with Crippen LogP contribution in [0.3, 0.4) is 0 Å². The highest BCUT2D eigenvalue weighted by molar-refractivity contribution is 7.88. The fourth-order valence-electron chi connectivity index (χ4n) is 0.480. The molecule has 3 heteroatoms. The van der Waals surface area contributed by atoms with Crippen LogP contribution in [-0.2, 0) is 0 Å². The highest BCUT2D eigenvalue weighted by atomic mass is 32.1. The summed E-state index contributed by atoms with van der Waals surface area (Å²) in [5.74, 6) is 0. The van der Waals surface area contributed by atoms with Crippen molar-refractivity contribution in [3.8, 4) is 0 Å². The number of rotatable bonds is 0. The van der Waals surface area contributed by atoms with E-state index in [-0.39, 0.29) is 0 Å². The van der Waals surface area contributed by atoms with Crippen molar-refractivity contribution >= 4 is 25.3 Å². The van der Waals surface area contributed by atoms with Gasteiger partial charge in [0.1, 0.15) is 0 Å². The predicted octanol–water partition coefficient (Wildman–Crippen LogP) is 1.17. The maximum atomic E-state index is 4.15. The van der Waals surface area contributed by atoms with Gasteiger partial charge in [0.15, 0.2) is 0 Å². The van der Waals surface area contributed by atoms with Crippen LogP contribution in [0, 0.1) is 0 Å². The van der Waals surface area contributed by atoms with Crippen molar-refractivity contribution in [1.82, 2.24) is 5.32 Å². The average molecular weight is 145 g/mol. The van der Waals surface area contributed by atoms with Crippen LogP contribution in [0.2, 0.25) is 0 Å². The second kappa shape index (κ2) is 2.51. The van der Waals surface area contributed by atoms with Gasteiger partial charge in [-0.15, -0.1) is 25.3 Å². The molecule has 0 aromatic carbocycles. The minimum absolute atomic E-state index is 0.804. The first-order chi connectivity index (χ1) is 3.80. The summed E-state index contributed by atoms with van der Waals surface area (Å²) in [5.41, 5.74) is 0. The minimum atomic E-state index is 0.804. The van der Waals surface area contributed by atoms with Gasteiger partial charge in [-0.2, -0.15) is 0 Å². The lowest BCUT2D eigenvalue weighted by Gasteiger charge is -2.07. The molecule has 0 aromatic rings. The van der Waals surface area contributed by atoms with Gasteiger partial charge in [0.2, 0.25) is 0 Å². The normalized spacial score (nSPS) is 18.8. The van der Waals surface area contributed by atoms with Gasteiger partial charge < -0.3 is 5.32 Å². The molecular formula is C5H7NS2. The molecule has 1 heterocycles. The summed E-state index contributed by atoms with van der Waals surface area (Å²) < 4.78 is 0. The van der Waals surface area contributed by atoms with Crippen LogP contribution in [0.1, 0.15) is 0 Å². The molecule has 1 nitrogen and oxygen atoms in total. The molecule has 1 rings (SSSR count). The molecule has 44 valence electrons. The monoisotopic (exact) mass is 145 g/mol. The molecule has 0 atom stereocenters. The summed E-state index contributed by atoms with van der Waals surface area (Å²) in [7, 11) is 0. The predicted molar refractivity (Wildman–Crippen MR) is 42.1 cm³/mol. The summed E-state index contributed by atoms with van der Waals surface area (Å²) >= 11 is 8.28. The van der Waals surface area contributed by atoms with Gasteiger partial charge in [-0.25, -0.2) is 0 Å². The molecule has 0 saturated carbocycles. The van der Waals surface area contributed by atoms with Crippen molar-refractivity contribution in [3.05, 3.63) is 22.1 Å². The quantitative estimate of drug-likeness (QED) is 0.435. The third-order valence-electron chi connectivity index (χ3n) is 0.924. The second-order valence-corrected chi connectivity index (χ2v) is 2.57. The van der Waals surface area contributed by atoms with Crippen molar-refractivity contribution in [1.29, 1.82) is 0 Å². The van der Waals surface area contributed by atoms with Crippen molar-refractivity contribution in [2.45, 2.75) is 0 Å². The third-order valence-corrected chi connectivity index (χ3v) is 1.92. The Morgan fingerprint density at radius 3 is 2.62 bits per heavy atom. The highest BCUT2D eigenvalue weighted by Crippen LogP contribution is 2.15. The van der Waals surface area contributed by atoms with E-state index in [1.807, 2.05) is 12.3 Å². The van der Waals surface area contributed by atoms with E-state index in [0.29, 0.717) is 0 Å². The first-order valence-electron chi connectivity index (χ1n) is 2.32. The summed E-state index contributed by atoms with van der Waals surface area (Å²) in [6, 6.07) is 0. The first kappa shape index (κ1) is 6.11. The lowest BCUT2D eigenvalue weighted by atomic mass is 10.4. The fraction of sp³-hybridized carbons (Fsp3) is 0.200. The Morgan fingerprint density at radius 1 is 1.50 bits per heavy atom. The average Bonchev–Trinajstić information content (AvgIpc) is 1.77. The lowest BCUT2D eigenvalue weighted by Crippen LogP contribution is -2.10. The lowest BCUT2D eigenvalue weighted by molar-refractivity contribution is 0.960. The zero-order valence-corrected chi connectivity index (χ0v) is 6.05. The molecule has 1 aliphatic heterocycles. The highest BCUT2D eigenvalue weighted by Gasteiger charge is 1.97. The topological polar surface area (TPSA) is 12.0 Å². The summed E-state index contributed by atoms with van der Waals surface area (Å²) in [4.78, 5) is 1.95. The van der Waals surface area contributed by atoms with Crippen LogP contribution in [0.5, 0.6) is 0 Å². The Hall–Kier alpha value is -0.0200. The van der Waals surface area contributed by atoms with Crippen LogP contribution in [0.25, 0.3) is 0 Å². The largest absolute Gasteiger partial charge is 0.386 e. The van der Waals surface area contributed by atoms with E-state index in [2.05, 4.69) is 30.6 Å². The molecule has 1 aliphatic rings. The van der Waals surface area contributed by atoms with Crippen molar-refractivity contribution in [3.63, 3.8) is 0 Å². The smallest absolute Gasteiger partial charge is 0.0463 e. The molecule has 0 fully saturated rings. The Kier molecular flexibility index (Phi) is 1.91. The van der Waals surface area contributed by atoms with Crippen LogP contribution < -0.4 is 5.32 Å². The van der Waals surface area contributed by atoms with E-state index in [1.54, 1.807) is 0 Å². The molecular weight excluding hydrogens is 138 g/mol. The van der Waals surface area contributed by atoms with Crippen LogP contribution >= 0.6 is 25.3 Å². The Bertz CT molecular complexity index is 149. The number of hydrogen-bond acceptors (Lipinski definition) is 3. The minimum Gasteiger partial charge on any atom is -0.386 e. The Balaban J connectivity index is 2.76. The third kappa shape index (κ3) is 1.23. The van der Waals surface area contributed by atoms with Gasteiger partial charge in [0.25, 0.3) is 0 Å². The maximum absolute atomic E-state index is 4.15. The Morgan fingerprint density at radius 2 is 2.25 bits per heavy atom. The molecule has 0 radical (unpaired) electrons. The van der Waals surface area contributed by atoms with Gasteiger partial charge in [-0.1, -0.05) is 0 Å². The molecule has 0 amide bonds. The molecule has 8 heavy (non-hydrogen) atoms. The van der Waals surface area contributed by atoms with Crippen molar-refractivity contribution in [2.24, 2.45) is 0 Å². The molecule has 0 spiro atoms. The van der Waals surface area contributed by atoms with E-state index < -0.39 is 0 Å². The zero-order chi connectivity index (χ0) is 5.98. The summed E-state index contributed by atoms with van der Waals surface area (Å²) in [6.45, 7) is 0.804. The summed E-state index contributed by atoms with van der Waals surface area (Å²) in [6.07, 6.45) is 3.75. The number of nitrogens with one attached hydrogen (secondary N) is 1. The molecule has 0 bridgehead atoms. The van der Waals surface area contributed by atoms with Gasteiger partial charge >= 0.3 is 0 Å². The van der Waals surface area contributed by atoms with Crippen LogP contribution in [0.4, 0.5) is 0 Å². The fourth-order valence-corrected chi connectivity index (χ4v) is 0.800. The second-order valence-electron chi connectivity index (χ2n) is 1.55. The number of thiol groups is 2. The van der Waals surface area contributed by atoms with Gasteiger partial charge in [0.05, 0.1) is 0 Å². The van der Waals surface area contributed by atoms with Crippen LogP contribution in [0.15, 0.2) is 22.1 Å². The molecule has 0 saturated heterocycles. The van der Waals surface area contributed by atoms with E-state index in [1.165, 1.54) is 0 Å². The van der Waals surface area contributed by atoms with Crippen molar-refractivity contribution in [2.75, 3.05) is 6.54 Å². The van der Waals surface area contributed by atoms with E-state index in [9.17, 15) is 0 Å². The summed E-state index contributed by atoms with van der Waals surface area (Å²) in [5, 5.41) is 3.00. The van der Waals surface area contributed by atoms with E-state index in [0.717, 1.165) is 16.4 Å². The van der Waals surface area contributed by atoms with Gasteiger partial charge in [0, 0.05) is 16.4 Å². The first-order valence-corrected chi connectivity index (χ1v) is 3.21. The number of allylic oxidation sites excluding steroid dienone is 1. The molecule has 1 N–H and O–H groups in total. The van der Waals surface area contributed by atoms with Gasteiger partial charge in [-0.05, 0) is 12.3 Å². The number of hydrogen-bond donors (Lipinski definition) is 3. The maximum Gasteiger partial charge on any atom is 0.0463 e. The van der Waals surface area contributed by atoms with Crippen molar-refractivity contribution < 1.29 is 0 Å². The Labute approximate surface area is 59.7 Å².